The van der Waals surface area contributed by atoms with E-state index in [1.54, 1.807) is 0 Å². The van der Waals surface area contributed by atoms with E-state index in [2.05, 4.69) is 4.98 Å². The Bertz CT molecular complexity index is 672. The predicted molar refractivity (Wildman–Crippen MR) is 71.2 cm³/mol. The lowest BCUT2D eigenvalue weighted by atomic mass is 10.2. The summed E-state index contributed by atoms with van der Waals surface area (Å²) in [6.07, 6.45) is -3.77. The molecule has 0 saturated heterocycles. The monoisotopic (exact) mass is 314 g/mol. The fourth-order valence-corrected chi connectivity index (χ4v) is 2.45. The highest BCUT2D eigenvalue weighted by Gasteiger charge is 2.30. The summed E-state index contributed by atoms with van der Waals surface area (Å²) < 4.78 is 37.3. The number of hydrogen-bond donors (Lipinski definition) is 2. The molecule has 2 aromatic rings. The van der Waals surface area contributed by atoms with E-state index in [-0.39, 0.29) is 21.2 Å². The molecule has 0 bridgehead atoms. The van der Waals surface area contributed by atoms with Crippen molar-refractivity contribution in [2.24, 2.45) is 0 Å². The van der Waals surface area contributed by atoms with Crippen LogP contribution in [0.1, 0.15) is 15.9 Å². The molecule has 0 atom stereocenters. The summed E-state index contributed by atoms with van der Waals surface area (Å²) >= 11 is 0.904. The van der Waals surface area contributed by atoms with Crippen LogP contribution in [-0.4, -0.2) is 16.1 Å². The smallest absolute Gasteiger partial charge is 0.417 e. The van der Waals surface area contributed by atoms with E-state index in [1.807, 2.05) is 0 Å². The number of anilines is 1. The normalized spacial score (nSPS) is 11.4. The second kappa shape index (κ2) is 5.65. The first-order chi connectivity index (χ1) is 9.79. The number of carboxylic acids is 1. The molecule has 0 spiro atoms. The number of benzene rings is 1. The molecule has 8 heteroatoms. The molecular weight excluding hydrogens is 305 g/mol. The van der Waals surface area contributed by atoms with Crippen LogP contribution in [0.15, 0.2) is 46.5 Å². The van der Waals surface area contributed by atoms with Gasteiger partial charge in [-0.2, -0.15) is 13.2 Å². The molecule has 0 aliphatic heterocycles. The molecule has 1 aromatic heterocycles. The molecule has 1 heterocycles. The Hall–Kier alpha value is -2.22. The third-order valence-corrected chi connectivity index (χ3v) is 3.66. The van der Waals surface area contributed by atoms with Gasteiger partial charge in [-0.25, -0.2) is 9.78 Å². The van der Waals surface area contributed by atoms with Gasteiger partial charge >= 0.3 is 12.1 Å². The molecule has 1 aromatic carbocycles. The second-order valence-electron chi connectivity index (χ2n) is 4.01. The number of nitrogen functional groups attached to an aromatic ring is 1. The van der Waals surface area contributed by atoms with Gasteiger partial charge in [0.25, 0.3) is 0 Å². The number of nitrogens with two attached hydrogens (primary N) is 1. The number of rotatable bonds is 3. The Kier molecular flexibility index (Phi) is 4.08. The lowest BCUT2D eigenvalue weighted by Gasteiger charge is -2.09. The lowest BCUT2D eigenvalue weighted by molar-refractivity contribution is -0.137. The zero-order chi connectivity index (χ0) is 15.6. The van der Waals surface area contributed by atoms with Gasteiger partial charge in [-0.3, -0.25) is 0 Å². The van der Waals surface area contributed by atoms with Crippen molar-refractivity contribution in [3.8, 4) is 0 Å². The van der Waals surface area contributed by atoms with Gasteiger partial charge in [0.05, 0.1) is 16.0 Å². The van der Waals surface area contributed by atoms with Gasteiger partial charge in [-0.15, -0.1) is 0 Å². The molecule has 0 aliphatic rings. The first-order valence-electron chi connectivity index (χ1n) is 5.62. The van der Waals surface area contributed by atoms with Crippen LogP contribution in [0.3, 0.4) is 0 Å². The predicted octanol–water partition coefficient (Wildman–Crippen LogP) is 3.53. The molecule has 0 fully saturated rings. The maximum Gasteiger partial charge on any atom is 0.417 e. The molecule has 4 nitrogen and oxygen atoms in total. The largest absolute Gasteiger partial charge is 0.478 e. The first kappa shape index (κ1) is 15.2. The van der Waals surface area contributed by atoms with Crippen molar-refractivity contribution in [1.82, 2.24) is 4.98 Å². The van der Waals surface area contributed by atoms with Crippen molar-refractivity contribution in [3.63, 3.8) is 0 Å². The third-order valence-electron chi connectivity index (χ3n) is 2.55. The zero-order valence-corrected chi connectivity index (χ0v) is 11.2. The van der Waals surface area contributed by atoms with Crippen LogP contribution >= 0.6 is 11.8 Å². The summed E-state index contributed by atoms with van der Waals surface area (Å²) in [5.74, 6) is -1.17. The van der Waals surface area contributed by atoms with Crippen LogP contribution in [-0.2, 0) is 6.18 Å². The third kappa shape index (κ3) is 3.46. The fourth-order valence-electron chi connectivity index (χ4n) is 1.55. The highest BCUT2D eigenvalue weighted by Crippen LogP contribution is 2.35. The minimum atomic E-state index is -4.46. The highest BCUT2D eigenvalue weighted by atomic mass is 32.2. The van der Waals surface area contributed by atoms with Gasteiger partial charge in [0.15, 0.2) is 0 Å². The van der Waals surface area contributed by atoms with E-state index in [9.17, 15) is 18.0 Å². The molecular formula is C13H9F3N2O2S. The molecule has 0 saturated carbocycles. The van der Waals surface area contributed by atoms with Crippen molar-refractivity contribution in [1.29, 1.82) is 0 Å². The van der Waals surface area contributed by atoms with Gasteiger partial charge in [0.1, 0.15) is 5.03 Å². The quantitative estimate of drug-likeness (QED) is 0.848. The standard InChI is InChI=1S/C13H9F3N2O2S/c14-13(15,16)7-4-5-10(18-6-7)21-11-8(12(19)20)2-1-3-9(11)17/h1-6H,17H2,(H,19,20). The van der Waals surface area contributed by atoms with Crippen molar-refractivity contribution < 1.29 is 23.1 Å². The van der Waals surface area contributed by atoms with E-state index >= 15 is 0 Å². The number of nitrogens with zero attached hydrogens (tertiary/aromatic N) is 1. The van der Waals surface area contributed by atoms with Crippen LogP contribution in [0, 0.1) is 0 Å². The maximum absolute atomic E-state index is 12.4. The molecule has 3 N–H and O–H groups in total. The summed E-state index contributed by atoms with van der Waals surface area (Å²) in [5.41, 5.74) is 5.04. The summed E-state index contributed by atoms with van der Waals surface area (Å²) in [5, 5.41) is 9.31. The molecule has 21 heavy (non-hydrogen) atoms. The molecule has 0 unspecified atom stereocenters. The second-order valence-corrected chi connectivity index (χ2v) is 5.04. The molecule has 0 aliphatic carbocycles. The molecule has 110 valence electrons. The van der Waals surface area contributed by atoms with Crippen LogP contribution in [0.2, 0.25) is 0 Å². The van der Waals surface area contributed by atoms with Crippen molar-refractivity contribution >= 4 is 23.4 Å². The number of carbonyl (C=O) groups is 1. The average Bonchev–Trinajstić information content (AvgIpc) is 2.40. The number of aromatic carboxylic acids is 1. The number of pyridine rings is 1. The first-order valence-corrected chi connectivity index (χ1v) is 6.43. The summed E-state index contributed by atoms with van der Waals surface area (Å²) in [6.45, 7) is 0. The van der Waals surface area contributed by atoms with Crippen molar-refractivity contribution in [3.05, 3.63) is 47.7 Å². The Balaban J connectivity index is 2.33. The van der Waals surface area contributed by atoms with Gasteiger partial charge in [0.2, 0.25) is 0 Å². The Morgan fingerprint density at radius 3 is 2.48 bits per heavy atom. The SMILES string of the molecule is Nc1cccc(C(=O)O)c1Sc1ccc(C(F)(F)F)cn1. The van der Waals surface area contributed by atoms with E-state index in [1.165, 1.54) is 24.3 Å². The van der Waals surface area contributed by atoms with E-state index in [4.69, 9.17) is 10.8 Å². The number of halogens is 3. The lowest BCUT2D eigenvalue weighted by Crippen LogP contribution is -2.05. The Morgan fingerprint density at radius 2 is 1.95 bits per heavy atom. The van der Waals surface area contributed by atoms with Crippen LogP contribution < -0.4 is 5.73 Å². The molecule has 0 amide bonds. The zero-order valence-electron chi connectivity index (χ0n) is 10.4. The van der Waals surface area contributed by atoms with Crippen LogP contribution in [0.4, 0.5) is 18.9 Å². The molecule has 2 rings (SSSR count). The Morgan fingerprint density at radius 1 is 1.24 bits per heavy atom. The minimum Gasteiger partial charge on any atom is -0.478 e. The fraction of sp³-hybridized carbons (Fsp3) is 0.0769. The number of aromatic nitrogens is 1. The minimum absolute atomic E-state index is 0.0262. The highest BCUT2D eigenvalue weighted by molar-refractivity contribution is 7.99. The van der Waals surface area contributed by atoms with Gasteiger partial charge in [0, 0.05) is 11.9 Å². The van der Waals surface area contributed by atoms with E-state index < -0.39 is 17.7 Å². The van der Waals surface area contributed by atoms with Gasteiger partial charge < -0.3 is 10.8 Å². The number of alkyl halides is 3. The Labute approximate surface area is 121 Å². The van der Waals surface area contributed by atoms with Crippen LogP contribution in [0.5, 0.6) is 0 Å². The topological polar surface area (TPSA) is 76.2 Å². The molecule has 0 radical (unpaired) electrons. The maximum atomic E-state index is 12.4. The average molecular weight is 314 g/mol. The summed E-state index contributed by atoms with van der Waals surface area (Å²) in [6, 6.07) is 6.42. The van der Waals surface area contributed by atoms with E-state index in [0.717, 1.165) is 17.8 Å². The van der Waals surface area contributed by atoms with Gasteiger partial charge in [-0.1, -0.05) is 17.8 Å². The number of carboxylic acid groups (broad SMARTS) is 1. The summed E-state index contributed by atoms with van der Waals surface area (Å²) in [7, 11) is 0. The van der Waals surface area contributed by atoms with Crippen LogP contribution in [0.25, 0.3) is 0 Å². The van der Waals surface area contributed by atoms with Crippen molar-refractivity contribution in [2.45, 2.75) is 16.1 Å². The van der Waals surface area contributed by atoms with E-state index in [0.29, 0.717) is 6.20 Å². The van der Waals surface area contributed by atoms with Gasteiger partial charge in [-0.05, 0) is 24.3 Å². The van der Waals surface area contributed by atoms with Crippen molar-refractivity contribution in [2.75, 3.05) is 5.73 Å². The number of hydrogen-bond acceptors (Lipinski definition) is 4. The summed E-state index contributed by atoms with van der Waals surface area (Å²) in [4.78, 5) is 15.0.